The zero-order valence-corrected chi connectivity index (χ0v) is 12.5. The number of benzene rings is 1. The summed E-state index contributed by atoms with van der Waals surface area (Å²) in [5.74, 6) is 0.392. The first-order valence-electron chi connectivity index (χ1n) is 7.42. The molecule has 1 aliphatic rings. The number of hydrogen-bond donors (Lipinski definition) is 2. The summed E-state index contributed by atoms with van der Waals surface area (Å²) in [6.45, 7) is 5.67. The molecule has 0 atom stereocenters. The van der Waals surface area contributed by atoms with Crippen molar-refractivity contribution in [2.75, 3.05) is 33.3 Å². The number of rotatable bonds is 5. The highest BCUT2D eigenvalue weighted by Crippen LogP contribution is 2.25. The molecule has 2 N–H and O–H groups in total. The minimum absolute atomic E-state index is 0.166. The van der Waals surface area contributed by atoms with E-state index in [-0.39, 0.29) is 6.61 Å². The van der Waals surface area contributed by atoms with Gasteiger partial charge in [-0.05, 0) is 45.5 Å². The lowest BCUT2D eigenvalue weighted by Crippen LogP contribution is -2.44. The van der Waals surface area contributed by atoms with Crippen LogP contribution >= 0.6 is 0 Å². The Morgan fingerprint density at radius 1 is 1.30 bits per heavy atom. The quantitative estimate of drug-likeness (QED) is 0.858. The lowest BCUT2D eigenvalue weighted by Gasteiger charge is -2.37. The maximum Gasteiger partial charge on any atom is 0.122 e. The third kappa shape index (κ3) is 3.72. The smallest absolute Gasteiger partial charge is 0.122 e. The van der Waals surface area contributed by atoms with Crippen LogP contribution in [0.25, 0.3) is 0 Å². The first kappa shape index (κ1) is 15.3. The zero-order valence-electron chi connectivity index (χ0n) is 12.5. The Morgan fingerprint density at radius 2 is 2.00 bits per heavy atom. The van der Waals surface area contributed by atoms with Gasteiger partial charge in [0, 0.05) is 24.7 Å². The molecular weight excluding hydrogens is 252 g/mol. The van der Waals surface area contributed by atoms with Crippen LogP contribution in [0.15, 0.2) is 18.2 Å². The number of aryl methyl sites for hydroxylation is 1. The molecular formula is C16H26N2O2. The van der Waals surface area contributed by atoms with Gasteiger partial charge in [0.2, 0.25) is 0 Å². The van der Waals surface area contributed by atoms with E-state index in [9.17, 15) is 10.2 Å². The van der Waals surface area contributed by atoms with E-state index in [1.54, 1.807) is 0 Å². The van der Waals surface area contributed by atoms with Gasteiger partial charge >= 0.3 is 0 Å². The van der Waals surface area contributed by atoms with Gasteiger partial charge in [0.25, 0.3) is 0 Å². The van der Waals surface area contributed by atoms with E-state index in [0.29, 0.717) is 24.9 Å². The molecule has 1 heterocycles. The number of para-hydroxylation sites is 1. The molecule has 0 aromatic heterocycles. The van der Waals surface area contributed by atoms with Crippen LogP contribution in [-0.4, -0.2) is 59.3 Å². The fourth-order valence-electron chi connectivity index (χ4n) is 2.95. The number of piperidine rings is 1. The summed E-state index contributed by atoms with van der Waals surface area (Å²) in [4.78, 5) is 4.65. The van der Waals surface area contributed by atoms with Gasteiger partial charge in [-0.15, -0.1) is 0 Å². The summed E-state index contributed by atoms with van der Waals surface area (Å²) in [5, 5.41) is 19.5. The number of aromatic hydroxyl groups is 1. The van der Waals surface area contributed by atoms with Crippen LogP contribution in [0.5, 0.6) is 5.75 Å². The Morgan fingerprint density at radius 3 is 2.65 bits per heavy atom. The third-order valence-electron chi connectivity index (χ3n) is 4.29. The highest BCUT2D eigenvalue weighted by atomic mass is 16.3. The fraction of sp³-hybridized carbons (Fsp3) is 0.625. The van der Waals surface area contributed by atoms with Crippen LogP contribution in [0.2, 0.25) is 0 Å². The number of hydrogen-bond acceptors (Lipinski definition) is 4. The lowest BCUT2D eigenvalue weighted by molar-refractivity contribution is 0.0934. The number of aliphatic hydroxyl groups excluding tert-OH is 1. The molecule has 20 heavy (non-hydrogen) atoms. The maximum absolute atomic E-state index is 10.2. The topological polar surface area (TPSA) is 46.9 Å². The molecule has 0 unspecified atom stereocenters. The molecule has 1 aliphatic heterocycles. The fourth-order valence-corrected chi connectivity index (χ4v) is 2.95. The normalized spacial score (nSPS) is 17.8. The molecule has 1 fully saturated rings. The molecule has 4 heteroatoms. The van der Waals surface area contributed by atoms with Gasteiger partial charge in [-0.2, -0.15) is 0 Å². The van der Waals surface area contributed by atoms with E-state index in [1.807, 2.05) is 25.1 Å². The van der Waals surface area contributed by atoms with Crippen molar-refractivity contribution in [2.24, 2.45) is 0 Å². The molecule has 0 radical (unpaired) electrons. The van der Waals surface area contributed by atoms with Gasteiger partial charge in [0.05, 0.1) is 6.61 Å². The SMILES string of the molecule is Cc1cccc(CN(CCO)C2CCN(C)CC2)c1O. The number of phenols is 1. The number of phenolic OH excluding ortho intramolecular Hbond substituents is 1. The third-order valence-corrected chi connectivity index (χ3v) is 4.29. The van der Waals surface area contributed by atoms with E-state index in [1.165, 1.54) is 0 Å². The number of nitrogens with zero attached hydrogens (tertiary/aromatic N) is 2. The molecule has 4 nitrogen and oxygen atoms in total. The van der Waals surface area contributed by atoms with Crippen molar-refractivity contribution in [3.8, 4) is 5.75 Å². The minimum Gasteiger partial charge on any atom is -0.507 e. The van der Waals surface area contributed by atoms with E-state index >= 15 is 0 Å². The van der Waals surface area contributed by atoms with Crippen LogP contribution in [0.3, 0.4) is 0 Å². The van der Waals surface area contributed by atoms with Gasteiger partial charge in [-0.25, -0.2) is 0 Å². The molecule has 0 spiro atoms. The summed E-state index contributed by atoms with van der Waals surface area (Å²) in [7, 11) is 2.15. The average Bonchev–Trinajstić information content (AvgIpc) is 2.44. The van der Waals surface area contributed by atoms with Gasteiger partial charge in [0.15, 0.2) is 0 Å². The molecule has 0 amide bonds. The van der Waals surface area contributed by atoms with Crippen molar-refractivity contribution in [1.82, 2.24) is 9.80 Å². The van der Waals surface area contributed by atoms with Crippen molar-refractivity contribution < 1.29 is 10.2 Å². The second-order valence-corrected chi connectivity index (χ2v) is 5.81. The van der Waals surface area contributed by atoms with Crippen molar-refractivity contribution in [3.05, 3.63) is 29.3 Å². The van der Waals surface area contributed by atoms with E-state index in [0.717, 1.165) is 37.1 Å². The van der Waals surface area contributed by atoms with Crippen LogP contribution in [-0.2, 0) is 6.54 Å². The van der Waals surface area contributed by atoms with Gasteiger partial charge < -0.3 is 15.1 Å². The highest BCUT2D eigenvalue weighted by molar-refractivity contribution is 5.39. The number of likely N-dealkylation sites (tertiary alicyclic amines) is 1. The van der Waals surface area contributed by atoms with Crippen molar-refractivity contribution >= 4 is 0 Å². The van der Waals surface area contributed by atoms with E-state index in [2.05, 4.69) is 16.8 Å². The standard InChI is InChI=1S/C16H26N2O2/c1-13-4-3-5-14(16(13)20)12-18(10-11-19)15-6-8-17(2)9-7-15/h3-5,15,19-20H,6-12H2,1-2H3. The molecule has 2 rings (SSSR count). The molecule has 0 bridgehead atoms. The van der Waals surface area contributed by atoms with Crippen LogP contribution in [0, 0.1) is 6.92 Å². The Bertz CT molecular complexity index is 428. The second kappa shape index (κ2) is 7.07. The van der Waals surface area contributed by atoms with Crippen molar-refractivity contribution in [1.29, 1.82) is 0 Å². The van der Waals surface area contributed by atoms with Crippen molar-refractivity contribution in [2.45, 2.75) is 32.4 Å². The predicted molar refractivity (Wildman–Crippen MR) is 80.9 cm³/mol. The van der Waals surface area contributed by atoms with Crippen LogP contribution in [0.4, 0.5) is 0 Å². The van der Waals surface area contributed by atoms with Crippen LogP contribution < -0.4 is 0 Å². The lowest BCUT2D eigenvalue weighted by atomic mass is 10.0. The Balaban J connectivity index is 2.07. The van der Waals surface area contributed by atoms with Gasteiger partial charge in [0.1, 0.15) is 5.75 Å². The zero-order chi connectivity index (χ0) is 14.5. The molecule has 1 aromatic rings. The summed E-state index contributed by atoms with van der Waals surface area (Å²) in [6.07, 6.45) is 2.26. The Kier molecular flexibility index (Phi) is 5.40. The second-order valence-electron chi connectivity index (χ2n) is 5.81. The molecule has 112 valence electrons. The van der Waals surface area contributed by atoms with E-state index in [4.69, 9.17) is 0 Å². The highest BCUT2D eigenvalue weighted by Gasteiger charge is 2.23. The monoisotopic (exact) mass is 278 g/mol. The van der Waals surface area contributed by atoms with Gasteiger partial charge in [-0.3, -0.25) is 4.90 Å². The Labute approximate surface area is 121 Å². The summed E-state index contributed by atoms with van der Waals surface area (Å²) in [6, 6.07) is 6.38. The first-order valence-corrected chi connectivity index (χ1v) is 7.42. The minimum atomic E-state index is 0.166. The molecule has 0 saturated carbocycles. The predicted octanol–water partition coefficient (Wildman–Crippen LogP) is 1.59. The summed E-state index contributed by atoms with van der Waals surface area (Å²) >= 11 is 0. The number of aliphatic hydroxyl groups is 1. The molecule has 1 aromatic carbocycles. The molecule has 0 aliphatic carbocycles. The average molecular weight is 278 g/mol. The van der Waals surface area contributed by atoms with Crippen molar-refractivity contribution in [3.63, 3.8) is 0 Å². The Hall–Kier alpha value is -1.10. The first-order chi connectivity index (χ1) is 9.61. The largest absolute Gasteiger partial charge is 0.507 e. The maximum atomic E-state index is 10.2. The van der Waals surface area contributed by atoms with E-state index < -0.39 is 0 Å². The summed E-state index contributed by atoms with van der Waals surface area (Å²) < 4.78 is 0. The van der Waals surface area contributed by atoms with Crippen LogP contribution in [0.1, 0.15) is 24.0 Å². The van der Waals surface area contributed by atoms with Gasteiger partial charge in [-0.1, -0.05) is 18.2 Å². The summed E-state index contributed by atoms with van der Waals surface area (Å²) in [5.41, 5.74) is 1.87. The molecule has 1 saturated heterocycles.